The summed E-state index contributed by atoms with van der Waals surface area (Å²) in [7, 11) is 1.71. The zero-order chi connectivity index (χ0) is 15.2. The molecule has 0 heterocycles. The second kappa shape index (κ2) is 7.62. The largest absolute Gasteiger partial charge is 0.496 e. The van der Waals surface area contributed by atoms with Crippen LogP contribution in [0.2, 0.25) is 0 Å². The third-order valence-electron chi connectivity index (χ3n) is 3.55. The highest BCUT2D eigenvalue weighted by Crippen LogP contribution is 2.27. The highest BCUT2D eigenvalue weighted by atomic mass is 79.9. The summed E-state index contributed by atoms with van der Waals surface area (Å²) in [5.41, 5.74) is 3.70. The molecule has 112 valence electrons. The van der Waals surface area contributed by atoms with Crippen LogP contribution in [0.5, 0.6) is 5.75 Å². The maximum absolute atomic E-state index is 5.36. The van der Waals surface area contributed by atoms with Crippen LogP contribution in [0.1, 0.15) is 36.1 Å². The van der Waals surface area contributed by atoms with Crippen molar-refractivity contribution in [3.05, 3.63) is 63.6 Å². The number of methoxy groups -OCH3 is 1. The molecule has 2 nitrogen and oxygen atoms in total. The van der Waals surface area contributed by atoms with Gasteiger partial charge >= 0.3 is 0 Å². The molecule has 21 heavy (non-hydrogen) atoms. The molecule has 0 fully saturated rings. The van der Waals surface area contributed by atoms with Gasteiger partial charge in [-0.2, -0.15) is 0 Å². The van der Waals surface area contributed by atoms with E-state index in [1.165, 1.54) is 11.1 Å². The van der Waals surface area contributed by atoms with E-state index in [-0.39, 0.29) is 6.04 Å². The zero-order valence-corrected chi connectivity index (χ0v) is 14.4. The first kappa shape index (κ1) is 16.1. The van der Waals surface area contributed by atoms with E-state index in [1.807, 2.05) is 6.07 Å². The predicted molar refractivity (Wildman–Crippen MR) is 92.0 cm³/mol. The summed E-state index contributed by atoms with van der Waals surface area (Å²) in [5.74, 6) is 0.934. The molecule has 0 aromatic heterocycles. The van der Waals surface area contributed by atoms with E-state index < -0.39 is 0 Å². The van der Waals surface area contributed by atoms with Crippen molar-refractivity contribution < 1.29 is 4.74 Å². The van der Waals surface area contributed by atoms with Gasteiger partial charge in [0.2, 0.25) is 0 Å². The highest BCUT2D eigenvalue weighted by molar-refractivity contribution is 9.10. The average molecular weight is 348 g/mol. The first-order chi connectivity index (χ1) is 10.2. The summed E-state index contributed by atoms with van der Waals surface area (Å²) < 4.78 is 6.46. The minimum absolute atomic E-state index is 0.211. The molecule has 1 N–H and O–H groups in total. The third-order valence-corrected chi connectivity index (χ3v) is 4.08. The normalized spacial score (nSPS) is 12.2. The van der Waals surface area contributed by atoms with E-state index in [9.17, 15) is 0 Å². The quantitative estimate of drug-likeness (QED) is 0.805. The van der Waals surface area contributed by atoms with Gasteiger partial charge in [-0.3, -0.25) is 0 Å². The number of hydrogen-bond donors (Lipinski definition) is 1. The highest BCUT2D eigenvalue weighted by Gasteiger charge is 2.14. The van der Waals surface area contributed by atoms with Gasteiger partial charge in [-0.15, -0.1) is 0 Å². The van der Waals surface area contributed by atoms with Crippen molar-refractivity contribution in [3.8, 4) is 5.75 Å². The maximum atomic E-state index is 5.36. The van der Waals surface area contributed by atoms with Gasteiger partial charge in [-0.05, 0) is 54.8 Å². The van der Waals surface area contributed by atoms with Crippen LogP contribution in [0.3, 0.4) is 0 Å². The molecule has 2 aromatic carbocycles. The van der Waals surface area contributed by atoms with E-state index in [4.69, 9.17) is 4.74 Å². The Morgan fingerprint density at radius 3 is 2.33 bits per heavy atom. The van der Waals surface area contributed by atoms with E-state index in [0.717, 1.165) is 28.8 Å². The number of hydrogen-bond acceptors (Lipinski definition) is 2. The van der Waals surface area contributed by atoms with Gasteiger partial charge in [0, 0.05) is 4.47 Å². The van der Waals surface area contributed by atoms with Crippen molar-refractivity contribution in [1.82, 2.24) is 5.32 Å². The van der Waals surface area contributed by atoms with Crippen molar-refractivity contribution in [1.29, 1.82) is 0 Å². The zero-order valence-electron chi connectivity index (χ0n) is 12.8. The Hall–Kier alpha value is -1.32. The van der Waals surface area contributed by atoms with E-state index >= 15 is 0 Å². The molecule has 0 spiro atoms. The summed E-state index contributed by atoms with van der Waals surface area (Å²) in [6.45, 7) is 5.26. The van der Waals surface area contributed by atoms with E-state index in [1.54, 1.807) is 7.11 Å². The third kappa shape index (κ3) is 4.08. The van der Waals surface area contributed by atoms with Gasteiger partial charge in [-0.25, -0.2) is 0 Å². The molecule has 2 aromatic rings. The van der Waals surface area contributed by atoms with Gasteiger partial charge in [0.1, 0.15) is 5.75 Å². The first-order valence-corrected chi connectivity index (χ1v) is 8.08. The molecule has 2 rings (SSSR count). The van der Waals surface area contributed by atoms with Crippen molar-refractivity contribution >= 4 is 15.9 Å². The van der Waals surface area contributed by atoms with Crippen LogP contribution in [0.25, 0.3) is 0 Å². The monoisotopic (exact) mass is 347 g/mol. The number of ether oxygens (including phenoxy) is 1. The van der Waals surface area contributed by atoms with Crippen LogP contribution in [0.15, 0.2) is 46.9 Å². The van der Waals surface area contributed by atoms with Crippen LogP contribution < -0.4 is 10.1 Å². The SMILES string of the molecule is CCCNC(c1ccc(Br)cc1)c1ccc(OC)c(C)c1. The molecular formula is C18H22BrNO. The Bertz CT molecular complexity index is 580. The fourth-order valence-electron chi connectivity index (χ4n) is 2.45. The van der Waals surface area contributed by atoms with E-state index in [2.05, 4.69) is 71.5 Å². The topological polar surface area (TPSA) is 21.3 Å². The van der Waals surface area contributed by atoms with Gasteiger partial charge in [0.25, 0.3) is 0 Å². The fraction of sp³-hybridized carbons (Fsp3) is 0.333. The smallest absolute Gasteiger partial charge is 0.121 e. The van der Waals surface area contributed by atoms with Gasteiger partial charge in [0.15, 0.2) is 0 Å². The maximum Gasteiger partial charge on any atom is 0.121 e. The molecule has 0 aliphatic heterocycles. The van der Waals surface area contributed by atoms with Crippen molar-refractivity contribution in [2.45, 2.75) is 26.3 Å². The lowest BCUT2D eigenvalue weighted by molar-refractivity contribution is 0.411. The number of halogens is 1. The molecule has 0 saturated carbocycles. The molecule has 0 aliphatic rings. The van der Waals surface area contributed by atoms with Crippen LogP contribution in [-0.2, 0) is 0 Å². The molecule has 1 unspecified atom stereocenters. The molecule has 0 bridgehead atoms. The molecular weight excluding hydrogens is 326 g/mol. The second-order valence-electron chi connectivity index (χ2n) is 5.17. The summed E-state index contributed by atoms with van der Waals surface area (Å²) in [5, 5.41) is 3.63. The average Bonchev–Trinajstić information content (AvgIpc) is 2.49. The molecule has 0 aliphatic carbocycles. The molecule has 3 heteroatoms. The first-order valence-electron chi connectivity index (χ1n) is 7.29. The van der Waals surface area contributed by atoms with Gasteiger partial charge < -0.3 is 10.1 Å². The Balaban J connectivity index is 2.35. The lowest BCUT2D eigenvalue weighted by Gasteiger charge is -2.21. The Kier molecular flexibility index (Phi) is 5.83. The number of rotatable bonds is 6. The molecule has 0 saturated heterocycles. The van der Waals surface area contributed by atoms with Crippen molar-refractivity contribution in [2.24, 2.45) is 0 Å². The van der Waals surface area contributed by atoms with Crippen LogP contribution in [0.4, 0.5) is 0 Å². The number of nitrogens with one attached hydrogen (secondary N) is 1. The Labute approximate surface area is 135 Å². The molecule has 0 radical (unpaired) electrons. The summed E-state index contributed by atoms with van der Waals surface area (Å²) >= 11 is 3.50. The second-order valence-corrected chi connectivity index (χ2v) is 6.08. The van der Waals surface area contributed by atoms with Crippen LogP contribution in [-0.4, -0.2) is 13.7 Å². The van der Waals surface area contributed by atoms with Gasteiger partial charge in [-0.1, -0.05) is 47.1 Å². The summed E-state index contributed by atoms with van der Waals surface area (Å²) in [6, 6.07) is 15.1. The lowest BCUT2D eigenvalue weighted by atomic mass is 9.97. The number of aryl methyl sites for hydroxylation is 1. The fourth-order valence-corrected chi connectivity index (χ4v) is 2.72. The van der Waals surface area contributed by atoms with E-state index in [0.29, 0.717) is 0 Å². The van der Waals surface area contributed by atoms with Crippen LogP contribution in [0, 0.1) is 6.92 Å². The minimum Gasteiger partial charge on any atom is -0.496 e. The molecule has 1 atom stereocenters. The molecule has 0 amide bonds. The number of benzene rings is 2. The predicted octanol–water partition coefficient (Wildman–Crippen LogP) is 4.86. The Morgan fingerprint density at radius 2 is 1.76 bits per heavy atom. The lowest BCUT2D eigenvalue weighted by Crippen LogP contribution is -2.23. The summed E-state index contributed by atoms with van der Waals surface area (Å²) in [4.78, 5) is 0. The standard InChI is InChI=1S/C18H22BrNO/c1-4-11-20-18(14-5-8-16(19)9-6-14)15-7-10-17(21-3)13(2)12-15/h5-10,12,18,20H,4,11H2,1-3H3. The summed E-state index contributed by atoms with van der Waals surface area (Å²) in [6.07, 6.45) is 1.11. The Morgan fingerprint density at radius 1 is 1.10 bits per heavy atom. The van der Waals surface area contributed by atoms with Crippen LogP contribution >= 0.6 is 15.9 Å². The van der Waals surface area contributed by atoms with Crippen molar-refractivity contribution in [3.63, 3.8) is 0 Å². The van der Waals surface area contributed by atoms with Crippen molar-refractivity contribution in [2.75, 3.05) is 13.7 Å². The van der Waals surface area contributed by atoms with Gasteiger partial charge in [0.05, 0.1) is 13.2 Å². The minimum atomic E-state index is 0.211.